The van der Waals surface area contributed by atoms with Gasteiger partial charge in [-0.3, -0.25) is 0 Å². The molecule has 0 aromatic rings. The third-order valence-corrected chi connectivity index (χ3v) is 1.93. The van der Waals surface area contributed by atoms with E-state index in [1.807, 2.05) is 12.2 Å². The molecule has 0 bridgehead atoms. The molecular weight excluding hydrogens is 170 g/mol. The van der Waals surface area contributed by atoms with Gasteiger partial charge in [-0.25, -0.2) is 0 Å². The molecule has 1 atom stereocenters. The minimum atomic E-state index is 0.486. The zero-order valence-corrected chi connectivity index (χ0v) is 8.09. The second kappa shape index (κ2) is 8.84. The van der Waals surface area contributed by atoms with Crippen molar-refractivity contribution in [2.45, 2.75) is 12.8 Å². The van der Waals surface area contributed by atoms with E-state index in [4.69, 9.17) is 10.3 Å². The van der Waals surface area contributed by atoms with E-state index in [2.05, 4.69) is 12.7 Å². The SMILES string of the molecule is C=CCC(/C=C\CSO)CCN. The van der Waals surface area contributed by atoms with E-state index in [-0.39, 0.29) is 0 Å². The Balaban J connectivity index is 3.67. The summed E-state index contributed by atoms with van der Waals surface area (Å²) in [4.78, 5) is 0. The first kappa shape index (κ1) is 11.8. The lowest BCUT2D eigenvalue weighted by Crippen LogP contribution is -2.05. The lowest BCUT2D eigenvalue weighted by Gasteiger charge is -2.07. The highest BCUT2D eigenvalue weighted by atomic mass is 32.2. The standard InChI is InChI=1S/C9H17NOS/c1-2-4-9(6-7-10)5-3-8-12-11/h2-3,5,9,11H,1,4,6-8,10H2/b5-3-. The normalized spacial score (nSPS) is 13.5. The molecule has 3 N–H and O–H groups in total. The van der Waals surface area contributed by atoms with Crippen molar-refractivity contribution in [3.8, 4) is 0 Å². The van der Waals surface area contributed by atoms with E-state index in [1.165, 1.54) is 0 Å². The highest BCUT2D eigenvalue weighted by Crippen LogP contribution is 2.10. The summed E-state index contributed by atoms with van der Waals surface area (Å²) in [7, 11) is 0. The number of hydrogen-bond donors (Lipinski definition) is 2. The van der Waals surface area contributed by atoms with Crippen molar-refractivity contribution < 1.29 is 4.55 Å². The molecule has 12 heavy (non-hydrogen) atoms. The molecule has 0 aliphatic carbocycles. The molecule has 0 aliphatic heterocycles. The number of hydrogen-bond acceptors (Lipinski definition) is 3. The van der Waals surface area contributed by atoms with E-state index in [1.54, 1.807) is 0 Å². The Morgan fingerprint density at radius 3 is 2.83 bits per heavy atom. The number of nitrogens with two attached hydrogens (primary N) is 1. The van der Waals surface area contributed by atoms with Crippen molar-refractivity contribution in [2.75, 3.05) is 12.3 Å². The van der Waals surface area contributed by atoms with Gasteiger partial charge in [0.05, 0.1) is 0 Å². The van der Waals surface area contributed by atoms with Gasteiger partial charge in [-0.05, 0) is 37.3 Å². The maximum absolute atomic E-state index is 8.46. The molecule has 0 amide bonds. The van der Waals surface area contributed by atoms with E-state index in [0.29, 0.717) is 18.2 Å². The van der Waals surface area contributed by atoms with Crippen LogP contribution in [0.5, 0.6) is 0 Å². The molecule has 0 saturated heterocycles. The van der Waals surface area contributed by atoms with E-state index < -0.39 is 0 Å². The van der Waals surface area contributed by atoms with Crippen molar-refractivity contribution >= 4 is 12.0 Å². The maximum atomic E-state index is 8.46. The van der Waals surface area contributed by atoms with Crippen molar-refractivity contribution in [1.82, 2.24) is 0 Å². The smallest absolute Gasteiger partial charge is 0.0375 e. The zero-order chi connectivity index (χ0) is 9.23. The van der Waals surface area contributed by atoms with E-state index >= 15 is 0 Å². The van der Waals surface area contributed by atoms with Crippen LogP contribution in [0.1, 0.15) is 12.8 Å². The van der Waals surface area contributed by atoms with Crippen molar-refractivity contribution in [2.24, 2.45) is 11.7 Å². The molecule has 0 spiro atoms. The fourth-order valence-corrected chi connectivity index (χ4v) is 1.21. The second-order valence-corrected chi connectivity index (χ2v) is 3.18. The summed E-state index contributed by atoms with van der Waals surface area (Å²) in [5, 5.41) is 0. The van der Waals surface area contributed by atoms with Gasteiger partial charge < -0.3 is 10.3 Å². The van der Waals surface area contributed by atoms with E-state index in [0.717, 1.165) is 24.9 Å². The first-order valence-corrected chi connectivity index (χ1v) is 5.03. The Hall–Kier alpha value is -0.250. The Bertz CT molecular complexity index is 136. The molecule has 0 saturated carbocycles. The summed E-state index contributed by atoms with van der Waals surface area (Å²) in [5.41, 5.74) is 5.44. The van der Waals surface area contributed by atoms with Crippen LogP contribution in [0.15, 0.2) is 24.8 Å². The summed E-state index contributed by atoms with van der Waals surface area (Å²) >= 11 is 0.836. The molecule has 0 radical (unpaired) electrons. The first-order valence-electron chi connectivity index (χ1n) is 4.09. The molecule has 70 valence electrons. The van der Waals surface area contributed by atoms with Crippen LogP contribution in [0.2, 0.25) is 0 Å². The highest BCUT2D eigenvalue weighted by Gasteiger charge is 1.99. The largest absolute Gasteiger partial charge is 0.330 e. The third kappa shape index (κ3) is 6.46. The third-order valence-electron chi connectivity index (χ3n) is 1.59. The fourth-order valence-electron chi connectivity index (χ4n) is 1.01. The summed E-state index contributed by atoms with van der Waals surface area (Å²) in [5.74, 6) is 1.14. The second-order valence-electron chi connectivity index (χ2n) is 2.59. The van der Waals surface area contributed by atoms with Crippen LogP contribution in [-0.4, -0.2) is 16.9 Å². The van der Waals surface area contributed by atoms with Gasteiger partial charge in [-0.2, -0.15) is 0 Å². The van der Waals surface area contributed by atoms with Crippen LogP contribution in [0.25, 0.3) is 0 Å². The van der Waals surface area contributed by atoms with Crippen LogP contribution in [0, 0.1) is 5.92 Å². The lowest BCUT2D eigenvalue weighted by molar-refractivity contribution is 0.608. The predicted octanol–water partition coefficient (Wildman–Crippen LogP) is 2.29. The van der Waals surface area contributed by atoms with Gasteiger partial charge in [0, 0.05) is 5.75 Å². The number of allylic oxidation sites excluding steroid dienone is 2. The van der Waals surface area contributed by atoms with Gasteiger partial charge in [0.25, 0.3) is 0 Å². The van der Waals surface area contributed by atoms with E-state index in [9.17, 15) is 0 Å². The molecular formula is C9H17NOS. The van der Waals surface area contributed by atoms with Crippen LogP contribution in [0.4, 0.5) is 0 Å². The average molecular weight is 187 g/mol. The lowest BCUT2D eigenvalue weighted by atomic mass is 10.0. The average Bonchev–Trinajstić information content (AvgIpc) is 2.06. The maximum Gasteiger partial charge on any atom is 0.0375 e. The van der Waals surface area contributed by atoms with Crippen LogP contribution < -0.4 is 5.73 Å². The number of rotatable bonds is 7. The zero-order valence-electron chi connectivity index (χ0n) is 7.28. The summed E-state index contributed by atoms with van der Waals surface area (Å²) in [6, 6.07) is 0. The molecule has 0 aliphatic rings. The monoisotopic (exact) mass is 187 g/mol. The molecule has 0 fully saturated rings. The van der Waals surface area contributed by atoms with Gasteiger partial charge in [0.15, 0.2) is 0 Å². The fraction of sp³-hybridized carbons (Fsp3) is 0.556. The molecule has 3 heteroatoms. The highest BCUT2D eigenvalue weighted by molar-refractivity contribution is 7.93. The Morgan fingerprint density at radius 1 is 1.58 bits per heavy atom. The first-order chi connectivity index (χ1) is 5.85. The van der Waals surface area contributed by atoms with Gasteiger partial charge in [-0.1, -0.05) is 18.2 Å². The van der Waals surface area contributed by atoms with Gasteiger partial charge in [0.1, 0.15) is 0 Å². The molecule has 0 heterocycles. The quantitative estimate of drug-likeness (QED) is 0.475. The van der Waals surface area contributed by atoms with Crippen molar-refractivity contribution in [1.29, 1.82) is 0 Å². The Kier molecular flexibility index (Phi) is 8.66. The van der Waals surface area contributed by atoms with Crippen LogP contribution >= 0.6 is 12.0 Å². The molecule has 2 nitrogen and oxygen atoms in total. The van der Waals surface area contributed by atoms with Crippen LogP contribution in [0.3, 0.4) is 0 Å². The topological polar surface area (TPSA) is 46.2 Å². The van der Waals surface area contributed by atoms with Gasteiger partial charge in [0.2, 0.25) is 0 Å². The molecule has 1 unspecified atom stereocenters. The Labute approximate surface area is 78.7 Å². The van der Waals surface area contributed by atoms with Crippen molar-refractivity contribution in [3.63, 3.8) is 0 Å². The minimum absolute atomic E-state index is 0.486. The summed E-state index contributed by atoms with van der Waals surface area (Å²) < 4.78 is 8.46. The molecule has 0 rings (SSSR count). The molecule has 0 aromatic heterocycles. The van der Waals surface area contributed by atoms with Gasteiger partial charge in [-0.15, -0.1) is 6.58 Å². The molecule has 0 aromatic carbocycles. The summed E-state index contributed by atoms with van der Waals surface area (Å²) in [6.45, 7) is 4.39. The predicted molar refractivity (Wildman–Crippen MR) is 56.2 cm³/mol. The minimum Gasteiger partial charge on any atom is -0.330 e. The Morgan fingerprint density at radius 2 is 2.33 bits per heavy atom. The van der Waals surface area contributed by atoms with Crippen LogP contribution in [-0.2, 0) is 0 Å². The summed E-state index contributed by atoms with van der Waals surface area (Å²) in [6.07, 6.45) is 7.91. The van der Waals surface area contributed by atoms with Gasteiger partial charge >= 0.3 is 0 Å². The van der Waals surface area contributed by atoms with Crippen molar-refractivity contribution in [3.05, 3.63) is 24.8 Å².